The third-order valence-corrected chi connectivity index (χ3v) is 5.50. The van der Waals surface area contributed by atoms with Gasteiger partial charge in [0.25, 0.3) is 0 Å². The predicted molar refractivity (Wildman–Crippen MR) is 112 cm³/mol. The number of nitrogens with one attached hydrogen (secondary N) is 2. The van der Waals surface area contributed by atoms with Gasteiger partial charge in [0.1, 0.15) is 11.9 Å². The van der Waals surface area contributed by atoms with Crippen LogP contribution in [0.4, 0.5) is 16.2 Å². The Labute approximate surface area is 173 Å². The summed E-state index contributed by atoms with van der Waals surface area (Å²) >= 11 is 0. The molecule has 1 unspecified atom stereocenters. The van der Waals surface area contributed by atoms with Gasteiger partial charge < -0.3 is 20.3 Å². The Balaban J connectivity index is 1.69. The molecule has 1 atom stereocenters. The van der Waals surface area contributed by atoms with E-state index >= 15 is 0 Å². The van der Waals surface area contributed by atoms with Crippen molar-refractivity contribution in [1.82, 2.24) is 19.5 Å². The molecule has 3 N–H and O–H groups in total. The molecule has 1 saturated carbocycles. The van der Waals surface area contributed by atoms with Crippen molar-refractivity contribution in [2.45, 2.75) is 57.7 Å². The van der Waals surface area contributed by atoms with Crippen LogP contribution in [0.15, 0.2) is 30.6 Å². The number of benzene rings is 1. The molecule has 1 fully saturated rings. The average molecular weight is 412 g/mol. The molecule has 1 aromatic carbocycles. The van der Waals surface area contributed by atoms with Gasteiger partial charge in [-0.05, 0) is 37.0 Å². The van der Waals surface area contributed by atoms with E-state index in [-0.39, 0.29) is 11.8 Å². The second kappa shape index (κ2) is 8.64. The molecule has 30 heavy (non-hydrogen) atoms. The van der Waals surface area contributed by atoms with Gasteiger partial charge in [0.15, 0.2) is 17.0 Å². The molecule has 2 heterocycles. The number of hydrogen-bond acceptors (Lipinski definition) is 6. The molecule has 8 nitrogen and oxygen atoms in total. The number of fused-ring (bicyclic) bond motifs is 1. The molecule has 2 aromatic heterocycles. The van der Waals surface area contributed by atoms with Gasteiger partial charge in [-0.2, -0.15) is 9.97 Å². The Hall–Kier alpha value is -3.23. The summed E-state index contributed by atoms with van der Waals surface area (Å²) in [6.45, 7) is 2.14. The van der Waals surface area contributed by atoms with E-state index in [1.54, 1.807) is 19.3 Å². The Kier molecular flexibility index (Phi) is 5.78. The van der Waals surface area contributed by atoms with Crippen molar-refractivity contribution in [3.63, 3.8) is 0 Å². The fourth-order valence-corrected chi connectivity index (χ4v) is 3.88. The van der Waals surface area contributed by atoms with Crippen LogP contribution >= 0.6 is 0 Å². The largest absolute Gasteiger partial charge is 0.480 e. The molecule has 0 radical (unpaired) electrons. The number of carboxylic acid groups (broad SMARTS) is 1. The van der Waals surface area contributed by atoms with Gasteiger partial charge in [-0.3, -0.25) is 0 Å². The number of nitrogens with zero attached hydrogens (tertiary/aromatic N) is 4. The molecule has 158 valence electrons. The third-order valence-electron chi connectivity index (χ3n) is 5.50. The molecule has 0 saturated heterocycles. The lowest BCUT2D eigenvalue weighted by Crippen LogP contribution is -2.29. The SMILES string of the molecule is CCC(Nc1nc(NCc2cccc(F)c2)c2ncn(C3CCCC3)c2n1)C(=O)O. The van der Waals surface area contributed by atoms with Crippen molar-refractivity contribution in [3.8, 4) is 0 Å². The second-order valence-electron chi connectivity index (χ2n) is 7.59. The standard InChI is InChI=1S/C21H25FN6O2/c1-2-16(20(29)30)25-21-26-18(23-11-13-6-5-7-14(22)10-13)17-19(27-21)28(12-24-17)15-8-3-4-9-15/h5-7,10,12,15-16H,2-4,8-9,11H2,1H3,(H,29,30)(H2,23,25,26,27). The average Bonchev–Trinajstić information content (AvgIpc) is 3.39. The van der Waals surface area contributed by atoms with Gasteiger partial charge in [-0.15, -0.1) is 0 Å². The number of hydrogen-bond donors (Lipinski definition) is 3. The van der Waals surface area contributed by atoms with Crippen LogP contribution in [-0.2, 0) is 11.3 Å². The quantitative estimate of drug-likeness (QED) is 0.514. The molecule has 9 heteroatoms. The zero-order valence-corrected chi connectivity index (χ0v) is 16.8. The lowest BCUT2D eigenvalue weighted by atomic mass is 10.2. The summed E-state index contributed by atoms with van der Waals surface area (Å²) in [5, 5.41) is 15.5. The number of carbonyl (C=O) groups is 1. The van der Waals surface area contributed by atoms with Crippen LogP contribution in [0.25, 0.3) is 11.2 Å². The highest BCUT2D eigenvalue weighted by atomic mass is 19.1. The maximum atomic E-state index is 13.5. The first-order chi connectivity index (χ1) is 14.5. The van der Waals surface area contributed by atoms with Crippen molar-refractivity contribution in [2.24, 2.45) is 0 Å². The Morgan fingerprint density at radius 1 is 1.33 bits per heavy atom. The molecule has 0 amide bonds. The first-order valence-electron chi connectivity index (χ1n) is 10.3. The van der Waals surface area contributed by atoms with Gasteiger partial charge in [-0.25, -0.2) is 14.2 Å². The molecule has 0 aliphatic heterocycles. The summed E-state index contributed by atoms with van der Waals surface area (Å²) < 4.78 is 15.6. The van der Waals surface area contributed by atoms with E-state index < -0.39 is 12.0 Å². The van der Waals surface area contributed by atoms with Gasteiger partial charge in [0.2, 0.25) is 5.95 Å². The number of carboxylic acids is 1. The molecule has 4 rings (SSSR count). The van der Waals surface area contributed by atoms with Crippen LogP contribution in [0.3, 0.4) is 0 Å². The minimum atomic E-state index is -0.959. The van der Waals surface area contributed by atoms with Crippen molar-refractivity contribution in [3.05, 3.63) is 42.0 Å². The zero-order valence-electron chi connectivity index (χ0n) is 16.8. The summed E-state index contributed by atoms with van der Waals surface area (Å²) in [4.78, 5) is 25.1. The summed E-state index contributed by atoms with van der Waals surface area (Å²) in [6.07, 6.45) is 6.64. The minimum absolute atomic E-state index is 0.234. The first kappa shape index (κ1) is 20.1. The van der Waals surface area contributed by atoms with E-state index in [0.717, 1.165) is 18.4 Å². The van der Waals surface area contributed by atoms with Gasteiger partial charge in [-0.1, -0.05) is 31.9 Å². The summed E-state index contributed by atoms with van der Waals surface area (Å²) in [5.74, 6) is -0.538. The van der Waals surface area contributed by atoms with Crippen molar-refractivity contribution < 1.29 is 14.3 Å². The zero-order chi connectivity index (χ0) is 21.1. The van der Waals surface area contributed by atoms with Crippen molar-refractivity contribution in [1.29, 1.82) is 0 Å². The molecule has 1 aliphatic rings. The topological polar surface area (TPSA) is 105 Å². The molecule has 0 bridgehead atoms. The highest BCUT2D eigenvalue weighted by molar-refractivity contribution is 5.85. The number of aliphatic carboxylic acids is 1. The van der Waals surface area contributed by atoms with Crippen LogP contribution in [-0.4, -0.2) is 36.6 Å². The van der Waals surface area contributed by atoms with Crippen LogP contribution in [0.5, 0.6) is 0 Å². The van der Waals surface area contributed by atoms with E-state index in [1.165, 1.54) is 25.0 Å². The second-order valence-corrected chi connectivity index (χ2v) is 7.59. The third kappa shape index (κ3) is 4.19. The summed E-state index contributed by atoms with van der Waals surface area (Å²) in [7, 11) is 0. The maximum Gasteiger partial charge on any atom is 0.326 e. The molecular formula is C21H25FN6O2. The van der Waals surface area contributed by atoms with E-state index in [4.69, 9.17) is 0 Å². The molecule has 3 aromatic rings. The number of anilines is 2. The highest BCUT2D eigenvalue weighted by Crippen LogP contribution is 2.33. The number of aromatic nitrogens is 4. The van der Waals surface area contributed by atoms with Gasteiger partial charge in [0.05, 0.1) is 6.33 Å². The fourth-order valence-electron chi connectivity index (χ4n) is 3.88. The Bertz CT molecular complexity index is 1050. The number of rotatable bonds is 8. The maximum absolute atomic E-state index is 13.5. The monoisotopic (exact) mass is 412 g/mol. The van der Waals surface area contributed by atoms with Crippen molar-refractivity contribution >= 4 is 28.9 Å². The predicted octanol–water partition coefficient (Wildman–Crippen LogP) is 3.97. The molecular weight excluding hydrogens is 387 g/mol. The number of imidazole rings is 1. The van der Waals surface area contributed by atoms with Crippen LogP contribution in [0.2, 0.25) is 0 Å². The van der Waals surface area contributed by atoms with E-state index in [1.807, 2.05) is 6.07 Å². The highest BCUT2D eigenvalue weighted by Gasteiger charge is 2.23. The molecule has 0 spiro atoms. The lowest BCUT2D eigenvalue weighted by molar-refractivity contribution is -0.138. The first-order valence-corrected chi connectivity index (χ1v) is 10.3. The normalized spacial score (nSPS) is 15.4. The van der Waals surface area contributed by atoms with E-state index in [0.29, 0.717) is 36.0 Å². The summed E-state index contributed by atoms with van der Waals surface area (Å²) in [5.41, 5.74) is 2.05. The molecule has 1 aliphatic carbocycles. The van der Waals surface area contributed by atoms with Crippen LogP contribution < -0.4 is 10.6 Å². The van der Waals surface area contributed by atoms with E-state index in [2.05, 4.69) is 30.2 Å². The smallest absolute Gasteiger partial charge is 0.326 e. The Morgan fingerprint density at radius 3 is 2.83 bits per heavy atom. The Morgan fingerprint density at radius 2 is 2.13 bits per heavy atom. The van der Waals surface area contributed by atoms with Gasteiger partial charge in [0, 0.05) is 12.6 Å². The minimum Gasteiger partial charge on any atom is -0.480 e. The summed E-state index contributed by atoms with van der Waals surface area (Å²) in [6, 6.07) is 5.87. The lowest BCUT2D eigenvalue weighted by Gasteiger charge is -2.16. The van der Waals surface area contributed by atoms with E-state index in [9.17, 15) is 14.3 Å². The van der Waals surface area contributed by atoms with Crippen LogP contribution in [0, 0.1) is 5.82 Å². The van der Waals surface area contributed by atoms with Gasteiger partial charge >= 0.3 is 5.97 Å². The van der Waals surface area contributed by atoms with Crippen LogP contribution in [0.1, 0.15) is 50.6 Å². The number of halogens is 1. The fraction of sp³-hybridized carbons (Fsp3) is 0.429. The van der Waals surface area contributed by atoms with Crippen molar-refractivity contribution in [2.75, 3.05) is 10.6 Å².